The normalized spacial score (nSPS) is 9.87. The molecule has 0 saturated heterocycles. The predicted octanol–water partition coefficient (Wildman–Crippen LogP) is -3.98. The summed E-state index contributed by atoms with van der Waals surface area (Å²) in [6, 6.07) is 11.3. The molecule has 0 amide bonds. The Morgan fingerprint density at radius 2 is 0.867 bits per heavy atom. The number of hydrogen-bond donors (Lipinski definition) is 0. The molecular formula is C16H14Na2O10P2+2. The maximum atomic E-state index is 10.5. The number of carbonyl (C=O) groups excluding carboxylic acids is 2. The van der Waals surface area contributed by atoms with Crippen LogP contribution in [0.2, 0.25) is 0 Å². The van der Waals surface area contributed by atoms with E-state index < -0.39 is 28.4 Å². The summed E-state index contributed by atoms with van der Waals surface area (Å²) in [6.07, 6.45) is 0. The minimum absolute atomic E-state index is 0. The van der Waals surface area contributed by atoms with Gasteiger partial charge in [-0.05, 0) is 57.7 Å². The molecule has 14 heteroatoms. The zero-order valence-electron chi connectivity index (χ0n) is 16.6. The molecule has 0 fully saturated rings. The van der Waals surface area contributed by atoms with Crippen LogP contribution in [0.3, 0.4) is 0 Å². The molecule has 0 aliphatic heterocycles. The van der Waals surface area contributed by atoms with E-state index in [1.54, 1.807) is 0 Å². The van der Waals surface area contributed by atoms with Gasteiger partial charge < -0.3 is 19.3 Å². The van der Waals surface area contributed by atoms with Crippen LogP contribution in [0.4, 0.5) is 0 Å². The van der Waals surface area contributed by atoms with Crippen molar-refractivity contribution in [2.45, 2.75) is 13.8 Å². The van der Waals surface area contributed by atoms with Gasteiger partial charge >= 0.3 is 87.6 Å². The van der Waals surface area contributed by atoms with Crippen LogP contribution in [0.15, 0.2) is 48.5 Å². The fourth-order valence-corrected chi connectivity index (χ4v) is 2.23. The van der Waals surface area contributed by atoms with Crippen LogP contribution in [0.5, 0.6) is 23.0 Å². The summed E-state index contributed by atoms with van der Waals surface area (Å²) in [5.74, 6) is 0.160. The van der Waals surface area contributed by atoms with E-state index in [-0.39, 0.29) is 70.6 Å². The molecule has 0 aromatic heterocycles. The second-order valence-corrected chi connectivity index (χ2v) is 6.02. The summed E-state index contributed by atoms with van der Waals surface area (Å²) >= 11 is 0. The van der Waals surface area contributed by atoms with Crippen molar-refractivity contribution in [2.75, 3.05) is 0 Å². The van der Waals surface area contributed by atoms with Crippen molar-refractivity contribution < 1.29 is 106 Å². The molecule has 2 unspecified atom stereocenters. The molecule has 0 bridgehead atoms. The van der Waals surface area contributed by atoms with Crippen LogP contribution < -0.4 is 87.4 Å². The predicted molar refractivity (Wildman–Crippen MR) is 92.0 cm³/mol. The summed E-state index contributed by atoms with van der Waals surface area (Å²) < 4.78 is 38.6. The van der Waals surface area contributed by atoms with Crippen LogP contribution >= 0.6 is 16.5 Å². The summed E-state index contributed by atoms with van der Waals surface area (Å²) in [5, 5.41) is 0. The average molecular weight is 474 g/mol. The van der Waals surface area contributed by atoms with Gasteiger partial charge in [-0.1, -0.05) is 0 Å². The molecule has 0 heterocycles. The van der Waals surface area contributed by atoms with Crippen molar-refractivity contribution >= 4 is 28.4 Å². The van der Waals surface area contributed by atoms with Gasteiger partial charge in [0.1, 0.15) is 11.5 Å². The number of esters is 2. The zero-order chi connectivity index (χ0) is 21.1. The SMILES string of the molecule is CC(=O)Oc1ccc(O[P+](=O)[O-])cc1.CC(=O)Oc1ccc(O[P+](=O)[O-])cc1.[Na+].[Na+]. The van der Waals surface area contributed by atoms with Crippen LogP contribution in [0.1, 0.15) is 13.8 Å². The topological polar surface area (TPSA) is 151 Å². The molecule has 0 aliphatic rings. The average Bonchev–Trinajstić information content (AvgIpc) is 2.57. The fraction of sp³-hybridized carbons (Fsp3) is 0.125. The molecule has 0 aliphatic carbocycles. The number of rotatable bonds is 6. The van der Waals surface area contributed by atoms with Crippen molar-refractivity contribution in [1.29, 1.82) is 0 Å². The Labute approximate surface area is 218 Å². The van der Waals surface area contributed by atoms with Gasteiger partial charge in [0.2, 0.25) is 0 Å². The van der Waals surface area contributed by atoms with Gasteiger partial charge in [0.25, 0.3) is 0 Å². The largest absolute Gasteiger partial charge is 1.00 e. The van der Waals surface area contributed by atoms with E-state index in [0.29, 0.717) is 11.5 Å². The Hall–Kier alpha value is -0.900. The number of ether oxygens (including phenoxy) is 2. The van der Waals surface area contributed by atoms with E-state index in [4.69, 9.17) is 9.47 Å². The van der Waals surface area contributed by atoms with Gasteiger partial charge in [0, 0.05) is 13.8 Å². The molecule has 2 atom stereocenters. The molecular weight excluding hydrogens is 460 g/mol. The van der Waals surface area contributed by atoms with Crippen LogP contribution in [-0.4, -0.2) is 11.9 Å². The maximum Gasteiger partial charge on any atom is 1.00 e. The monoisotopic (exact) mass is 474 g/mol. The van der Waals surface area contributed by atoms with Gasteiger partial charge in [0.15, 0.2) is 11.5 Å². The van der Waals surface area contributed by atoms with E-state index in [9.17, 15) is 28.5 Å². The summed E-state index contributed by atoms with van der Waals surface area (Å²) in [7, 11) is -5.82. The first-order chi connectivity index (χ1) is 13.2. The smallest absolute Gasteiger partial charge is 0.558 e. The third-order valence-electron chi connectivity index (χ3n) is 2.53. The van der Waals surface area contributed by atoms with Crippen molar-refractivity contribution in [3.8, 4) is 23.0 Å². The van der Waals surface area contributed by atoms with Gasteiger partial charge in [-0.15, -0.1) is 0 Å². The number of hydrogen-bond acceptors (Lipinski definition) is 10. The van der Waals surface area contributed by atoms with E-state index in [0.717, 1.165) is 0 Å². The molecule has 0 radical (unpaired) electrons. The second kappa shape index (κ2) is 16.8. The quantitative estimate of drug-likeness (QED) is 0.176. The van der Waals surface area contributed by atoms with Crippen molar-refractivity contribution in [1.82, 2.24) is 0 Å². The van der Waals surface area contributed by atoms with Crippen molar-refractivity contribution in [3.05, 3.63) is 48.5 Å². The Bertz CT molecular complexity index is 703. The number of benzene rings is 2. The summed E-state index contributed by atoms with van der Waals surface area (Å²) in [5.41, 5.74) is 0. The van der Waals surface area contributed by atoms with Crippen LogP contribution in [0, 0.1) is 0 Å². The zero-order valence-corrected chi connectivity index (χ0v) is 22.4. The third kappa shape index (κ3) is 15.0. The van der Waals surface area contributed by atoms with E-state index in [1.165, 1.54) is 62.4 Å². The van der Waals surface area contributed by atoms with Crippen LogP contribution in [-0.2, 0) is 18.7 Å². The summed E-state index contributed by atoms with van der Waals surface area (Å²) in [6.45, 7) is 2.55. The van der Waals surface area contributed by atoms with Crippen molar-refractivity contribution in [3.63, 3.8) is 0 Å². The van der Waals surface area contributed by atoms with E-state index >= 15 is 0 Å². The molecule has 2 rings (SSSR count). The molecule has 2 aromatic rings. The van der Waals surface area contributed by atoms with Gasteiger partial charge in [0.05, 0.1) is 0 Å². The number of carbonyl (C=O) groups is 2. The molecule has 0 spiro atoms. The van der Waals surface area contributed by atoms with E-state index in [2.05, 4.69) is 9.05 Å². The molecule has 0 N–H and O–H groups in total. The first-order valence-electron chi connectivity index (χ1n) is 7.37. The molecule has 0 saturated carbocycles. The van der Waals surface area contributed by atoms with Gasteiger partial charge in [-0.25, -0.2) is 0 Å². The summed E-state index contributed by atoms with van der Waals surface area (Å²) in [4.78, 5) is 41.4. The second-order valence-electron chi connectivity index (χ2n) is 4.76. The first kappa shape index (κ1) is 31.3. The van der Waals surface area contributed by atoms with Crippen LogP contribution in [0.25, 0.3) is 0 Å². The maximum absolute atomic E-state index is 10.5. The van der Waals surface area contributed by atoms with Gasteiger partial charge in [-0.2, -0.15) is 0 Å². The molecule has 2 aromatic carbocycles. The fourth-order valence-electron chi connectivity index (χ4n) is 1.64. The molecule has 10 nitrogen and oxygen atoms in total. The first-order valence-corrected chi connectivity index (χ1v) is 9.56. The minimum atomic E-state index is -2.91. The Kier molecular flexibility index (Phi) is 17.5. The third-order valence-corrected chi connectivity index (χ3v) is 3.25. The molecule has 30 heavy (non-hydrogen) atoms. The van der Waals surface area contributed by atoms with E-state index in [1.807, 2.05) is 0 Å². The molecule has 148 valence electrons. The standard InChI is InChI=1S/2C8H7O5P.2Na/c2*1-6(9)12-7-2-4-8(5-3-7)13-14(10)11;;/h2*2-5H,1H3;;/q;;2*+1. The minimum Gasteiger partial charge on any atom is -0.558 e. The Morgan fingerprint density at radius 3 is 1.07 bits per heavy atom. The Balaban J connectivity index is 0. The van der Waals surface area contributed by atoms with Crippen molar-refractivity contribution in [2.24, 2.45) is 0 Å². The van der Waals surface area contributed by atoms with Gasteiger partial charge in [-0.3, -0.25) is 18.6 Å². The Morgan fingerprint density at radius 1 is 0.633 bits per heavy atom.